The zero-order chi connectivity index (χ0) is 23.7. The van der Waals surface area contributed by atoms with Gasteiger partial charge in [-0.1, -0.05) is 11.3 Å². The predicted octanol–water partition coefficient (Wildman–Crippen LogP) is 4.79. The van der Waals surface area contributed by atoms with Crippen molar-refractivity contribution in [1.82, 2.24) is 4.98 Å². The number of hydrogen-bond donors (Lipinski definition) is 0. The third-order valence-corrected chi connectivity index (χ3v) is 6.49. The maximum atomic E-state index is 13.6. The van der Waals surface area contributed by atoms with Crippen molar-refractivity contribution < 1.29 is 23.5 Å². The molecule has 0 bridgehead atoms. The van der Waals surface area contributed by atoms with E-state index < -0.39 is 0 Å². The molecule has 34 heavy (non-hydrogen) atoms. The van der Waals surface area contributed by atoms with Gasteiger partial charge in [0.05, 0.1) is 35.3 Å². The summed E-state index contributed by atoms with van der Waals surface area (Å²) in [4.78, 5) is 45.0. The first kappa shape index (κ1) is 21.8. The van der Waals surface area contributed by atoms with Crippen LogP contribution in [0, 0.1) is 0 Å². The van der Waals surface area contributed by atoms with Gasteiger partial charge in [0, 0.05) is 18.4 Å². The number of aromatic nitrogens is 1. The Labute approximate surface area is 199 Å². The van der Waals surface area contributed by atoms with Crippen molar-refractivity contribution in [1.29, 1.82) is 0 Å². The van der Waals surface area contributed by atoms with E-state index in [-0.39, 0.29) is 37.1 Å². The molecule has 1 fully saturated rings. The standard InChI is InChI=1S/C25H21N3O5S/c1-2-32-18-9-10-20-21(14-18)34-25(26-20)27(15-19-4-3-13-33-19)24(31)16-5-7-17(8-6-16)28-22(29)11-12-23(28)30/h3-10,13-14H,2,11-12,15H2,1H3. The first-order chi connectivity index (χ1) is 16.5. The molecular formula is C25H21N3O5S. The van der Waals surface area contributed by atoms with Crippen molar-refractivity contribution in [2.24, 2.45) is 0 Å². The number of carbonyl (C=O) groups is 3. The third kappa shape index (κ3) is 4.17. The Bertz CT molecular complexity index is 1350. The molecule has 5 rings (SSSR count). The van der Waals surface area contributed by atoms with Gasteiger partial charge in [0.2, 0.25) is 11.8 Å². The minimum atomic E-state index is -0.272. The fourth-order valence-corrected chi connectivity index (χ4v) is 4.81. The first-order valence-corrected chi connectivity index (χ1v) is 11.7. The van der Waals surface area contributed by atoms with E-state index in [1.54, 1.807) is 47.6 Å². The van der Waals surface area contributed by atoms with Gasteiger partial charge in [-0.05, 0) is 61.5 Å². The van der Waals surface area contributed by atoms with E-state index in [1.807, 2.05) is 25.1 Å². The smallest absolute Gasteiger partial charge is 0.260 e. The maximum Gasteiger partial charge on any atom is 0.260 e. The lowest BCUT2D eigenvalue weighted by Gasteiger charge is -2.19. The number of anilines is 2. The Morgan fingerprint density at radius 3 is 2.56 bits per heavy atom. The molecule has 4 aromatic rings. The van der Waals surface area contributed by atoms with Gasteiger partial charge in [-0.2, -0.15) is 0 Å². The molecule has 172 valence electrons. The number of imide groups is 1. The highest BCUT2D eigenvalue weighted by Gasteiger charge is 2.30. The number of hydrogen-bond acceptors (Lipinski definition) is 7. The van der Waals surface area contributed by atoms with Crippen LogP contribution < -0.4 is 14.5 Å². The summed E-state index contributed by atoms with van der Waals surface area (Å²) in [6.45, 7) is 2.69. The van der Waals surface area contributed by atoms with E-state index >= 15 is 0 Å². The van der Waals surface area contributed by atoms with E-state index in [2.05, 4.69) is 4.98 Å². The molecule has 0 radical (unpaired) electrons. The molecule has 2 aromatic carbocycles. The summed E-state index contributed by atoms with van der Waals surface area (Å²) in [5, 5.41) is 0.527. The molecule has 1 saturated heterocycles. The van der Waals surface area contributed by atoms with Crippen LogP contribution in [-0.2, 0) is 16.1 Å². The summed E-state index contributed by atoms with van der Waals surface area (Å²) in [5.74, 6) is 0.628. The highest BCUT2D eigenvalue weighted by molar-refractivity contribution is 7.22. The average Bonchev–Trinajstić information content (AvgIpc) is 3.57. The van der Waals surface area contributed by atoms with Gasteiger partial charge in [0.15, 0.2) is 5.13 Å². The molecule has 0 atom stereocenters. The molecular weight excluding hydrogens is 454 g/mol. The van der Waals surface area contributed by atoms with E-state index in [1.165, 1.54) is 16.2 Å². The lowest BCUT2D eigenvalue weighted by atomic mass is 10.1. The van der Waals surface area contributed by atoms with Gasteiger partial charge in [-0.25, -0.2) is 4.98 Å². The summed E-state index contributed by atoms with van der Waals surface area (Å²) < 4.78 is 12.0. The fourth-order valence-electron chi connectivity index (χ4n) is 3.82. The molecule has 1 aliphatic rings. The van der Waals surface area contributed by atoms with Crippen molar-refractivity contribution in [3.63, 3.8) is 0 Å². The summed E-state index contributed by atoms with van der Waals surface area (Å²) in [7, 11) is 0. The lowest BCUT2D eigenvalue weighted by Crippen LogP contribution is -2.31. The van der Waals surface area contributed by atoms with Crippen LogP contribution >= 0.6 is 11.3 Å². The summed E-state index contributed by atoms with van der Waals surface area (Å²) in [5.41, 5.74) is 1.64. The molecule has 0 N–H and O–H groups in total. The van der Waals surface area contributed by atoms with Gasteiger partial charge in [-0.15, -0.1) is 0 Å². The zero-order valence-corrected chi connectivity index (χ0v) is 19.2. The van der Waals surface area contributed by atoms with E-state index in [9.17, 15) is 14.4 Å². The molecule has 0 spiro atoms. The molecule has 2 aromatic heterocycles. The van der Waals surface area contributed by atoms with Crippen LogP contribution in [0.15, 0.2) is 65.3 Å². The van der Waals surface area contributed by atoms with E-state index in [0.29, 0.717) is 28.7 Å². The van der Waals surface area contributed by atoms with Crippen LogP contribution in [0.3, 0.4) is 0 Å². The third-order valence-electron chi connectivity index (χ3n) is 5.45. The highest BCUT2D eigenvalue weighted by Crippen LogP contribution is 2.33. The lowest BCUT2D eigenvalue weighted by molar-refractivity contribution is -0.121. The topological polar surface area (TPSA) is 92.9 Å². The molecule has 0 unspecified atom stereocenters. The molecule has 0 saturated carbocycles. The number of amides is 3. The van der Waals surface area contributed by atoms with Gasteiger partial charge < -0.3 is 9.15 Å². The van der Waals surface area contributed by atoms with Gasteiger partial charge in [0.1, 0.15) is 11.5 Å². The van der Waals surface area contributed by atoms with Gasteiger partial charge >= 0.3 is 0 Å². The Morgan fingerprint density at radius 2 is 1.88 bits per heavy atom. The second-order valence-electron chi connectivity index (χ2n) is 7.70. The summed E-state index contributed by atoms with van der Waals surface area (Å²) in [6.07, 6.45) is 1.97. The highest BCUT2D eigenvalue weighted by atomic mass is 32.1. The number of carbonyl (C=O) groups excluding carboxylic acids is 3. The molecule has 8 nitrogen and oxygen atoms in total. The van der Waals surface area contributed by atoms with E-state index in [4.69, 9.17) is 9.15 Å². The Balaban J connectivity index is 1.47. The number of fused-ring (bicyclic) bond motifs is 1. The predicted molar refractivity (Wildman–Crippen MR) is 128 cm³/mol. The van der Waals surface area contributed by atoms with Crippen molar-refractivity contribution in [2.75, 3.05) is 16.4 Å². The minimum Gasteiger partial charge on any atom is -0.494 e. The largest absolute Gasteiger partial charge is 0.494 e. The molecule has 9 heteroatoms. The minimum absolute atomic E-state index is 0.203. The summed E-state index contributed by atoms with van der Waals surface area (Å²) >= 11 is 1.39. The number of benzene rings is 2. The maximum absolute atomic E-state index is 13.6. The van der Waals surface area contributed by atoms with Crippen molar-refractivity contribution in [2.45, 2.75) is 26.3 Å². The van der Waals surface area contributed by atoms with Crippen LogP contribution in [0.1, 0.15) is 35.9 Å². The van der Waals surface area contributed by atoms with Crippen molar-refractivity contribution in [3.8, 4) is 5.75 Å². The molecule has 3 amide bonds. The normalized spacial score (nSPS) is 13.6. The number of nitrogens with zero attached hydrogens (tertiary/aromatic N) is 3. The zero-order valence-electron chi connectivity index (χ0n) is 18.4. The summed E-state index contributed by atoms with van der Waals surface area (Å²) in [6, 6.07) is 15.7. The van der Waals surface area contributed by atoms with Crippen LogP contribution in [0.2, 0.25) is 0 Å². The second-order valence-corrected chi connectivity index (χ2v) is 8.71. The molecule has 0 aliphatic carbocycles. The molecule has 1 aliphatic heterocycles. The van der Waals surface area contributed by atoms with Crippen LogP contribution in [0.25, 0.3) is 10.2 Å². The van der Waals surface area contributed by atoms with Crippen molar-refractivity contribution >= 4 is 50.1 Å². The fraction of sp³-hybridized carbons (Fsp3) is 0.200. The van der Waals surface area contributed by atoms with Gasteiger partial charge in [-0.3, -0.25) is 24.2 Å². The van der Waals surface area contributed by atoms with Crippen LogP contribution in [0.5, 0.6) is 5.75 Å². The van der Waals surface area contributed by atoms with Crippen LogP contribution in [0.4, 0.5) is 10.8 Å². The Hall–Kier alpha value is -3.98. The number of ether oxygens (including phenoxy) is 1. The number of thiazole rings is 1. The van der Waals surface area contributed by atoms with Crippen LogP contribution in [-0.4, -0.2) is 29.3 Å². The van der Waals surface area contributed by atoms with Crippen molar-refractivity contribution in [3.05, 3.63) is 72.2 Å². The quantitative estimate of drug-likeness (QED) is 0.357. The van der Waals surface area contributed by atoms with E-state index in [0.717, 1.165) is 16.0 Å². The van der Waals surface area contributed by atoms with Gasteiger partial charge in [0.25, 0.3) is 5.91 Å². The first-order valence-electron chi connectivity index (χ1n) is 10.9. The SMILES string of the molecule is CCOc1ccc2nc(N(Cc3ccco3)C(=O)c3ccc(N4C(=O)CCC4=O)cc3)sc2c1. The monoisotopic (exact) mass is 475 g/mol. The Morgan fingerprint density at radius 1 is 1.12 bits per heavy atom. The average molecular weight is 476 g/mol. The number of furan rings is 1. The Kier molecular flexibility index (Phi) is 5.85. The second kappa shape index (κ2) is 9.11. The molecule has 3 heterocycles. The number of rotatable bonds is 7.